The van der Waals surface area contributed by atoms with Gasteiger partial charge in [0.25, 0.3) is 0 Å². The van der Waals surface area contributed by atoms with Crippen molar-refractivity contribution < 1.29 is 4.74 Å². The van der Waals surface area contributed by atoms with Gasteiger partial charge < -0.3 is 4.74 Å². The van der Waals surface area contributed by atoms with Crippen molar-refractivity contribution >= 4 is 0 Å². The van der Waals surface area contributed by atoms with E-state index in [9.17, 15) is 9.59 Å². The maximum atomic E-state index is 12.4. The normalized spacial score (nSPS) is 10.5. The fourth-order valence-corrected chi connectivity index (χ4v) is 2.09. The molecule has 6 nitrogen and oxygen atoms in total. The summed E-state index contributed by atoms with van der Waals surface area (Å²) >= 11 is 0. The van der Waals surface area contributed by atoms with Gasteiger partial charge in [-0.25, -0.2) is 23.9 Å². The molecule has 0 aliphatic carbocycles. The highest BCUT2D eigenvalue weighted by Crippen LogP contribution is 2.12. The van der Waals surface area contributed by atoms with E-state index in [2.05, 4.69) is 5.10 Å². The highest BCUT2D eigenvalue weighted by Gasteiger charge is 2.11. The van der Waals surface area contributed by atoms with E-state index in [0.29, 0.717) is 17.1 Å². The lowest BCUT2D eigenvalue weighted by Gasteiger charge is -2.02. The van der Waals surface area contributed by atoms with Crippen LogP contribution in [-0.2, 0) is 0 Å². The first kappa shape index (κ1) is 13.0. The van der Waals surface area contributed by atoms with Crippen LogP contribution >= 0.6 is 0 Å². The lowest BCUT2D eigenvalue weighted by molar-refractivity contribution is 0.414. The predicted molar refractivity (Wildman–Crippen MR) is 78.5 cm³/mol. The molecule has 3 rings (SSSR count). The number of methoxy groups -OCH3 is 1. The Hall–Kier alpha value is -3.02. The van der Waals surface area contributed by atoms with Gasteiger partial charge in [0, 0.05) is 0 Å². The second-order valence-corrected chi connectivity index (χ2v) is 4.40. The molecule has 0 amide bonds. The molecular formula is C15H13N3O3. The molecule has 0 aliphatic heterocycles. The number of rotatable bonds is 3. The first-order chi connectivity index (χ1) is 10.2. The number of ether oxygens (including phenoxy) is 1. The maximum Gasteiger partial charge on any atom is 0.356 e. The van der Waals surface area contributed by atoms with Crippen LogP contribution in [0.5, 0.6) is 5.75 Å². The monoisotopic (exact) mass is 283 g/mol. The minimum absolute atomic E-state index is 0.448. The van der Waals surface area contributed by atoms with E-state index in [0.717, 1.165) is 4.57 Å². The fourth-order valence-electron chi connectivity index (χ4n) is 2.09. The maximum absolute atomic E-state index is 12.4. The van der Waals surface area contributed by atoms with E-state index >= 15 is 0 Å². The van der Waals surface area contributed by atoms with Crippen LogP contribution in [0, 0.1) is 0 Å². The van der Waals surface area contributed by atoms with Gasteiger partial charge in [0.15, 0.2) is 0 Å². The summed E-state index contributed by atoms with van der Waals surface area (Å²) in [6, 6.07) is 15.6. The van der Waals surface area contributed by atoms with Crippen LogP contribution < -0.4 is 16.1 Å². The predicted octanol–water partition coefficient (Wildman–Crippen LogP) is 1.33. The molecule has 0 aliphatic rings. The van der Waals surface area contributed by atoms with E-state index in [1.807, 2.05) is 6.07 Å². The summed E-state index contributed by atoms with van der Waals surface area (Å²) in [5, 5.41) is 2.54. The van der Waals surface area contributed by atoms with Crippen molar-refractivity contribution in [3.63, 3.8) is 0 Å². The number of aromatic amines is 1. The lowest BCUT2D eigenvalue weighted by atomic mass is 10.3. The average Bonchev–Trinajstić information content (AvgIpc) is 2.83. The van der Waals surface area contributed by atoms with Crippen LogP contribution in [0.3, 0.4) is 0 Å². The van der Waals surface area contributed by atoms with Crippen LogP contribution in [0.15, 0.2) is 64.2 Å². The molecule has 106 valence electrons. The van der Waals surface area contributed by atoms with Gasteiger partial charge in [-0.15, -0.1) is 0 Å². The SMILES string of the molecule is COc1ccc(-n2[nH]c(=O)n(-c3ccccc3)c2=O)cc1. The molecule has 2 aromatic carbocycles. The zero-order valence-electron chi connectivity index (χ0n) is 11.3. The van der Waals surface area contributed by atoms with Crippen molar-refractivity contribution in [3.8, 4) is 17.1 Å². The second kappa shape index (κ2) is 5.16. The molecule has 0 atom stereocenters. The average molecular weight is 283 g/mol. The van der Waals surface area contributed by atoms with Crippen molar-refractivity contribution in [2.45, 2.75) is 0 Å². The van der Waals surface area contributed by atoms with Gasteiger partial charge in [0.1, 0.15) is 5.75 Å². The van der Waals surface area contributed by atoms with Gasteiger partial charge in [0.05, 0.1) is 18.5 Å². The van der Waals surface area contributed by atoms with E-state index in [1.54, 1.807) is 55.6 Å². The number of hydrogen-bond donors (Lipinski definition) is 1. The van der Waals surface area contributed by atoms with Crippen molar-refractivity contribution in [3.05, 3.63) is 75.6 Å². The smallest absolute Gasteiger partial charge is 0.356 e. The van der Waals surface area contributed by atoms with Crippen molar-refractivity contribution in [2.24, 2.45) is 0 Å². The van der Waals surface area contributed by atoms with E-state index in [4.69, 9.17) is 4.74 Å². The van der Waals surface area contributed by atoms with Gasteiger partial charge in [-0.2, -0.15) is 0 Å². The van der Waals surface area contributed by atoms with Crippen molar-refractivity contribution in [1.82, 2.24) is 14.3 Å². The molecule has 0 fully saturated rings. The highest BCUT2D eigenvalue weighted by atomic mass is 16.5. The van der Waals surface area contributed by atoms with E-state index in [-0.39, 0.29) is 0 Å². The minimum atomic E-state index is -0.484. The van der Waals surface area contributed by atoms with Crippen LogP contribution in [0.2, 0.25) is 0 Å². The molecule has 0 saturated heterocycles. The second-order valence-electron chi connectivity index (χ2n) is 4.40. The van der Waals surface area contributed by atoms with Gasteiger partial charge in [0.2, 0.25) is 0 Å². The van der Waals surface area contributed by atoms with Gasteiger partial charge in [-0.3, -0.25) is 0 Å². The summed E-state index contributed by atoms with van der Waals surface area (Å²) in [4.78, 5) is 24.4. The Labute approximate surface area is 119 Å². The first-order valence-electron chi connectivity index (χ1n) is 6.34. The molecule has 1 aromatic heterocycles. The Kier molecular flexibility index (Phi) is 3.19. The molecule has 0 spiro atoms. The number of aromatic nitrogens is 3. The standard InChI is InChI=1S/C15H13N3O3/c1-21-13-9-7-12(8-10-13)18-15(20)17(14(19)16-18)11-5-3-2-4-6-11/h2-10H,1H3,(H,16,19). The molecule has 1 N–H and O–H groups in total. The van der Waals surface area contributed by atoms with E-state index < -0.39 is 11.4 Å². The minimum Gasteiger partial charge on any atom is -0.497 e. The Bertz CT molecular complexity index is 858. The van der Waals surface area contributed by atoms with Gasteiger partial charge in [-0.1, -0.05) is 18.2 Å². The molecular weight excluding hydrogens is 270 g/mol. The third-order valence-electron chi connectivity index (χ3n) is 3.14. The number of nitrogens with one attached hydrogen (secondary N) is 1. The van der Waals surface area contributed by atoms with Crippen LogP contribution in [-0.4, -0.2) is 21.5 Å². The van der Waals surface area contributed by atoms with Crippen molar-refractivity contribution in [2.75, 3.05) is 7.11 Å². The summed E-state index contributed by atoms with van der Waals surface area (Å²) in [7, 11) is 1.56. The van der Waals surface area contributed by atoms with Crippen LogP contribution in [0.4, 0.5) is 0 Å². The third-order valence-corrected chi connectivity index (χ3v) is 3.14. The van der Waals surface area contributed by atoms with E-state index in [1.165, 1.54) is 4.68 Å². The first-order valence-corrected chi connectivity index (χ1v) is 6.34. The Morgan fingerprint density at radius 3 is 2.19 bits per heavy atom. The highest BCUT2D eigenvalue weighted by molar-refractivity contribution is 5.37. The summed E-state index contributed by atoms with van der Waals surface area (Å²) in [6.45, 7) is 0. The van der Waals surface area contributed by atoms with Crippen LogP contribution in [0.25, 0.3) is 11.4 Å². The molecule has 1 heterocycles. The zero-order chi connectivity index (χ0) is 14.8. The Balaban J connectivity index is 2.14. The molecule has 21 heavy (non-hydrogen) atoms. The molecule has 0 unspecified atom stereocenters. The summed E-state index contributed by atoms with van der Waals surface area (Å²) in [5.41, 5.74) is 0.155. The topological polar surface area (TPSA) is 69.0 Å². The Morgan fingerprint density at radius 2 is 1.57 bits per heavy atom. The molecule has 3 aromatic rings. The number of H-pyrrole nitrogens is 1. The molecule has 0 saturated carbocycles. The largest absolute Gasteiger partial charge is 0.497 e. The molecule has 0 bridgehead atoms. The molecule has 0 radical (unpaired) electrons. The Morgan fingerprint density at radius 1 is 0.905 bits per heavy atom. The number of nitrogens with zero attached hydrogens (tertiary/aromatic N) is 2. The quantitative estimate of drug-likeness (QED) is 0.788. The fraction of sp³-hybridized carbons (Fsp3) is 0.0667. The van der Waals surface area contributed by atoms with Gasteiger partial charge >= 0.3 is 11.4 Å². The lowest BCUT2D eigenvalue weighted by Crippen LogP contribution is -2.26. The van der Waals surface area contributed by atoms with Crippen molar-refractivity contribution in [1.29, 1.82) is 0 Å². The summed E-state index contributed by atoms with van der Waals surface area (Å²) < 4.78 is 7.36. The molecule has 6 heteroatoms. The number of para-hydroxylation sites is 1. The van der Waals surface area contributed by atoms with Crippen LogP contribution in [0.1, 0.15) is 0 Å². The summed E-state index contributed by atoms with van der Waals surface area (Å²) in [6.07, 6.45) is 0. The zero-order valence-corrected chi connectivity index (χ0v) is 11.3. The summed E-state index contributed by atoms with van der Waals surface area (Å²) in [5.74, 6) is 0.677. The number of benzene rings is 2. The third kappa shape index (κ3) is 2.27. The van der Waals surface area contributed by atoms with Gasteiger partial charge in [-0.05, 0) is 36.4 Å². The number of hydrogen-bond acceptors (Lipinski definition) is 3.